The average molecular weight is 1980 g/mol. The summed E-state index contributed by atoms with van der Waals surface area (Å²) in [6.45, 7) is 14.7. The normalized spacial score (nSPS) is 12.9. The molecule has 0 atom stereocenters. The van der Waals surface area contributed by atoms with E-state index in [-0.39, 0.29) is 58.4 Å². The molecule has 0 aliphatic heterocycles. The average Bonchev–Trinajstić information content (AvgIpc) is 1.55. The summed E-state index contributed by atoms with van der Waals surface area (Å²) in [5.74, 6) is 3.50. The Kier molecular flexibility index (Phi) is 18.6. The van der Waals surface area contributed by atoms with E-state index in [0.717, 1.165) is 138 Å². The Hall–Kier alpha value is -13.5. The molecule has 0 fully saturated rings. The van der Waals surface area contributed by atoms with Gasteiger partial charge >= 0.3 is 0 Å². The third kappa shape index (κ3) is 13.8. The summed E-state index contributed by atoms with van der Waals surface area (Å²) >= 11 is 0. The number of ether oxygens (including phenoxy) is 2. The number of benzene rings is 14. The van der Waals surface area contributed by atoms with Gasteiger partial charge < -0.3 is 46.0 Å². The number of pyridine rings is 2. The Labute approximate surface area is 757 Å². The largest absolute Gasteiger partial charge is 0.510 e. The van der Waals surface area contributed by atoms with Gasteiger partial charge in [0.05, 0.1) is 66.3 Å². The van der Waals surface area contributed by atoms with E-state index in [2.05, 4.69) is 281 Å². The summed E-state index contributed by atoms with van der Waals surface area (Å²) in [5.41, 5.74) is 19.9. The van der Waals surface area contributed by atoms with Crippen LogP contribution in [0.25, 0.3) is 166 Å². The van der Waals surface area contributed by atoms with E-state index >= 15 is 0 Å². The molecule has 124 heavy (non-hydrogen) atoms. The molecule has 22 aromatic rings. The molecular weight excluding hydrogens is 1880 g/mol. The van der Waals surface area contributed by atoms with Gasteiger partial charge in [0.1, 0.15) is 11.6 Å². The van der Waals surface area contributed by atoms with Crippen LogP contribution in [0.15, 0.2) is 322 Å². The maximum Gasteiger partial charge on any atom is 0.242 e. The first-order valence-electron chi connectivity index (χ1n) is 44.1. The number of aryl methyl sites for hydroxylation is 2. The van der Waals surface area contributed by atoms with Gasteiger partial charge in [-0.2, -0.15) is 36.4 Å². The Bertz CT molecular complexity index is 8200. The molecule has 0 N–H and O–H groups in total. The van der Waals surface area contributed by atoms with Crippen LogP contribution < -0.4 is 18.6 Å². The molecule has 612 valence electrons. The van der Waals surface area contributed by atoms with Crippen molar-refractivity contribution in [2.75, 3.05) is 0 Å². The van der Waals surface area contributed by atoms with Gasteiger partial charge in [0.2, 0.25) is 12.7 Å². The number of hydrogen-bond donors (Lipinski definition) is 0. The van der Waals surface area contributed by atoms with Gasteiger partial charge in [-0.3, -0.25) is 0 Å². The topological polar surface area (TPSA) is 81.6 Å². The molecule has 8 heterocycles. The van der Waals surface area contributed by atoms with E-state index in [1.165, 1.54) is 20.3 Å². The summed E-state index contributed by atoms with van der Waals surface area (Å²) in [4.78, 5) is 9.64. The molecule has 0 aliphatic rings. The van der Waals surface area contributed by atoms with Gasteiger partial charge in [-0.1, -0.05) is 261 Å². The molecule has 0 saturated carbocycles. The molecule has 22 rings (SSSR count). The number of nitrogens with zero attached hydrogens (tertiary/aromatic N) is 10. The number of imidazole rings is 2. The Morgan fingerprint density at radius 3 is 1.15 bits per heavy atom. The third-order valence-electron chi connectivity index (χ3n) is 23.5. The maximum atomic E-state index is 8.91. The molecule has 0 radical (unpaired) electrons. The first-order chi connectivity index (χ1) is 61.7. The van der Waals surface area contributed by atoms with Crippen LogP contribution in [-0.2, 0) is 72.3 Å². The van der Waals surface area contributed by atoms with Gasteiger partial charge in [-0.15, -0.1) is 59.3 Å². The predicted octanol–water partition coefficient (Wildman–Crippen LogP) is 25.7. The van der Waals surface area contributed by atoms with E-state index in [0.29, 0.717) is 56.4 Å². The van der Waals surface area contributed by atoms with Crippen molar-refractivity contribution in [3.05, 3.63) is 375 Å². The molecule has 0 unspecified atom stereocenters. The van der Waals surface area contributed by atoms with Crippen molar-refractivity contribution < 1.29 is 69.0 Å². The van der Waals surface area contributed by atoms with Crippen molar-refractivity contribution in [2.24, 2.45) is 14.0 Å². The predicted molar refractivity (Wildman–Crippen MR) is 495 cm³/mol. The maximum absolute atomic E-state index is 8.91. The van der Waals surface area contributed by atoms with Crippen molar-refractivity contribution in [1.82, 2.24) is 37.4 Å². The summed E-state index contributed by atoms with van der Waals surface area (Å²) in [6, 6.07) is 118. The smallest absolute Gasteiger partial charge is 0.242 e. The van der Waals surface area contributed by atoms with Gasteiger partial charge in [-0.05, 0) is 128 Å². The first kappa shape index (κ1) is 73.2. The van der Waals surface area contributed by atoms with Crippen LogP contribution in [0.1, 0.15) is 87.2 Å². The summed E-state index contributed by atoms with van der Waals surface area (Å²) in [7, 11) is 0. The van der Waals surface area contributed by atoms with Crippen LogP contribution in [0.3, 0.4) is 0 Å². The molecule has 0 spiro atoms. The van der Waals surface area contributed by atoms with Crippen LogP contribution in [0.4, 0.5) is 0 Å². The molecule has 0 aliphatic carbocycles. The third-order valence-corrected chi connectivity index (χ3v) is 23.5. The second-order valence-electron chi connectivity index (χ2n) is 34.3. The van der Waals surface area contributed by atoms with Crippen molar-refractivity contribution in [1.29, 1.82) is 0 Å². The molecule has 8 aromatic heterocycles. The molecule has 12 nitrogen and oxygen atoms in total. The Morgan fingerprint density at radius 1 is 0.315 bits per heavy atom. The fraction of sp³-hybridized carbons (Fsp3) is 0.127. The van der Waals surface area contributed by atoms with E-state index in [1.54, 1.807) is 9.13 Å². The standard InChI is InChI=1S/C57H47N5O.C53H39N5O.2Pt/c1-56(2,3)37-31-32-58-52(33-37)62-49-25-14-11-21-42(49)44-28-27-41(35-51(44)62)63-40-20-15-19-39(34-40)60-36-59(7)54-46(23-16-26-50(54)60)53-47(57(4,5)6)30-29-45-43-22-12-13-24-48(43)61(55(45)53)38-17-9-8-10-18-38;1-53(2,3)35-29-30-54-50(31-35)58-47-25-11-8-19-40(47)42-28-27-39(33-49(42)58)59-38-18-12-17-37(32-38)56-34-55(4)52-45(23-14-26-48(52)56)44-22-13-21-43-41-20-9-10-24-46(41)57(51(43)44)36-15-6-5-7-16-36;;/h8-33H,1-7H3;5-31H,1-4H3;;/q2*-2;;/i7D3;4D3;;. The minimum absolute atomic E-state index is 0. The van der Waals surface area contributed by atoms with Crippen LogP contribution in [-0.4, -0.2) is 37.4 Å². The minimum Gasteiger partial charge on any atom is -0.510 e. The molecule has 0 amide bonds. The SMILES string of the molecule is [2H]C([2H])([2H])[n+]1[c-]n(-c2[c-]c(Oc3[c-]c4c(cc3)c3ccccc3n4-c3cc(C(C)(C)C)ccn3)ccc2)c2cccc(-c3c(C(C)(C)C)ccc4c5ccccc5n(-c5ccccc5)c34)c21.[2H]C([2H])([2H])[n+]1[c-]n(-c2[c-]c(Oc3[c-]c4c(cc3)c3ccccc3n4-c3cc(C(C)(C)C)ccn3)ccc2)c2cccc(-c3cccc4c5ccccc5n(-c5ccccc5)c34)c21.[Pt].[Pt]. The second kappa shape index (κ2) is 31.4. The van der Waals surface area contributed by atoms with E-state index in [9.17, 15) is 0 Å². The van der Waals surface area contributed by atoms with Crippen LogP contribution in [0.2, 0.25) is 0 Å². The molecule has 0 bridgehead atoms. The zero-order valence-electron chi connectivity index (χ0n) is 75.5. The number of fused-ring (bicyclic) bond motifs is 14. The van der Waals surface area contributed by atoms with Crippen molar-refractivity contribution >= 4 is 109 Å². The quantitative estimate of drug-likeness (QED) is 0.0901. The molecule has 14 aromatic carbocycles. The fourth-order valence-corrected chi connectivity index (χ4v) is 17.8. The number of aromatic nitrogens is 10. The van der Waals surface area contributed by atoms with Gasteiger partial charge in [0.15, 0.2) is 0 Å². The number of rotatable bonds is 12. The minimum atomic E-state index is -2.57. The van der Waals surface area contributed by atoms with E-state index in [1.807, 2.05) is 158 Å². The Balaban J connectivity index is 0.000000166. The zero-order valence-corrected chi connectivity index (χ0v) is 74.1. The van der Waals surface area contributed by atoms with E-state index in [4.69, 9.17) is 27.7 Å². The van der Waals surface area contributed by atoms with Gasteiger partial charge in [-0.25, -0.2) is 9.97 Å². The number of para-hydroxylation sites is 9. The van der Waals surface area contributed by atoms with Gasteiger partial charge in [0, 0.05) is 133 Å². The van der Waals surface area contributed by atoms with Crippen molar-refractivity contribution in [3.8, 4) is 79.6 Å². The van der Waals surface area contributed by atoms with Crippen molar-refractivity contribution in [2.45, 2.75) is 78.6 Å². The first-order valence-corrected chi connectivity index (χ1v) is 41.1. The summed E-state index contributed by atoms with van der Waals surface area (Å²) in [6.07, 6.45) is 10.2. The Morgan fingerprint density at radius 2 is 0.685 bits per heavy atom. The number of hydrogen-bond acceptors (Lipinski definition) is 4. The van der Waals surface area contributed by atoms with Crippen LogP contribution >= 0.6 is 0 Å². The molecular formula is C110H86N10O2Pt2-4. The molecule has 0 saturated heterocycles. The van der Waals surface area contributed by atoms with Crippen molar-refractivity contribution in [3.63, 3.8) is 0 Å². The van der Waals surface area contributed by atoms with E-state index < -0.39 is 14.0 Å². The second-order valence-corrected chi connectivity index (χ2v) is 34.3. The van der Waals surface area contributed by atoms with Crippen LogP contribution in [0.5, 0.6) is 23.0 Å². The summed E-state index contributed by atoms with van der Waals surface area (Å²) < 4.78 is 81.0. The van der Waals surface area contributed by atoms with Crippen LogP contribution in [0, 0.1) is 36.9 Å². The molecule has 14 heteroatoms. The monoisotopic (exact) mass is 1970 g/mol. The van der Waals surface area contributed by atoms with Gasteiger partial charge in [0.25, 0.3) is 0 Å². The fourth-order valence-electron chi connectivity index (χ4n) is 17.8. The summed E-state index contributed by atoms with van der Waals surface area (Å²) in [5, 5.41) is 8.65. The zero-order chi connectivity index (χ0) is 88.0.